The average molecular weight is 611 g/mol. The van der Waals surface area contributed by atoms with Crippen LogP contribution in [0.2, 0.25) is 0 Å². The minimum Gasteiger partial charge on any atom is -0.456 e. The zero-order valence-electron chi connectivity index (χ0n) is 26.9. The fraction of sp³-hybridized carbons (Fsp3) is 0.140. The normalized spacial score (nSPS) is 15.6. The van der Waals surface area contributed by atoms with Crippen LogP contribution in [-0.4, -0.2) is 0 Å². The number of rotatable bonds is 2. The summed E-state index contributed by atoms with van der Waals surface area (Å²) in [5.74, 6) is 0. The molecule has 6 aromatic carbocycles. The van der Waals surface area contributed by atoms with Crippen LogP contribution in [0.3, 0.4) is 0 Å². The number of hydrogen-bond acceptors (Lipinski definition) is 4. The van der Waals surface area contributed by atoms with E-state index in [4.69, 9.17) is 4.42 Å². The summed E-state index contributed by atoms with van der Waals surface area (Å²) in [6.45, 7) is 9.10. The summed E-state index contributed by atoms with van der Waals surface area (Å²) in [4.78, 5) is 19.1. The summed E-state index contributed by atoms with van der Waals surface area (Å²) in [6.07, 6.45) is 0. The van der Waals surface area contributed by atoms with Crippen LogP contribution in [0.15, 0.2) is 143 Å². The van der Waals surface area contributed by atoms with Crippen LogP contribution in [0.4, 0.5) is 34.1 Å². The summed E-state index contributed by atoms with van der Waals surface area (Å²) in [6, 6.07) is 46.1. The number of para-hydroxylation sites is 4. The maximum Gasteiger partial charge on any atom is 0.202 e. The second-order valence-electron chi connectivity index (χ2n) is 13.8. The van der Waals surface area contributed by atoms with Gasteiger partial charge in [-0.25, -0.2) is 0 Å². The summed E-state index contributed by atoms with van der Waals surface area (Å²) in [5, 5.41) is 1.14. The molecule has 0 spiro atoms. The van der Waals surface area contributed by atoms with Gasteiger partial charge in [-0.05, 0) is 70.8 Å². The van der Waals surface area contributed by atoms with E-state index in [1.807, 2.05) is 36.4 Å². The van der Waals surface area contributed by atoms with Crippen LogP contribution in [0.5, 0.6) is 0 Å². The van der Waals surface area contributed by atoms with Gasteiger partial charge >= 0.3 is 0 Å². The third-order valence-electron chi connectivity index (χ3n) is 10.4. The van der Waals surface area contributed by atoms with Gasteiger partial charge in [-0.1, -0.05) is 107 Å². The quantitative estimate of drug-likeness (QED) is 0.183. The summed E-state index contributed by atoms with van der Waals surface area (Å²) in [7, 11) is 0. The Labute approximate surface area is 274 Å². The molecule has 1 aromatic heterocycles. The highest BCUT2D eigenvalue weighted by atomic mass is 16.3. The molecular weight excluding hydrogens is 576 g/mol. The lowest BCUT2D eigenvalue weighted by molar-refractivity contribution is 0.631. The van der Waals surface area contributed by atoms with E-state index in [9.17, 15) is 4.79 Å². The smallest absolute Gasteiger partial charge is 0.202 e. The third-order valence-corrected chi connectivity index (χ3v) is 10.4. The maximum absolute atomic E-state index is 14.6. The van der Waals surface area contributed by atoms with E-state index in [0.717, 1.165) is 34.1 Å². The van der Waals surface area contributed by atoms with Gasteiger partial charge in [0.2, 0.25) is 5.43 Å². The lowest BCUT2D eigenvalue weighted by Gasteiger charge is -2.42. The van der Waals surface area contributed by atoms with E-state index in [1.54, 1.807) is 0 Å². The van der Waals surface area contributed by atoms with Crippen molar-refractivity contribution in [2.45, 2.75) is 38.5 Å². The first-order valence-electron chi connectivity index (χ1n) is 16.2. The van der Waals surface area contributed by atoms with E-state index in [1.165, 1.54) is 22.3 Å². The SMILES string of the molecule is CC1(C)c2ccccc2N(c2ccc3c(=O)c4c(N5c6ccccc6C(C)(C)c6ccccc65)cccc4oc3c2)c2ccccc21. The number of fused-ring (bicyclic) bond motifs is 6. The summed E-state index contributed by atoms with van der Waals surface area (Å²) >= 11 is 0. The second-order valence-corrected chi connectivity index (χ2v) is 13.8. The molecule has 4 nitrogen and oxygen atoms in total. The second kappa shape index (κ2) is 9.70. The standard InChI is InChI=1S/C43H34N2O2/c1-42(2)29-14-5-9-18-33(29)44(34-19-10-6-15-30(34)42)27-24-25-28-39(26-27)47-38-23-13-22-37(40(38)41(28)46)45-35-20-11-7-16-31(35)43(3,4)32-17-8-12-21-36(32)45/h5-26H,1-4H3. The van der Waals surface area contributed by atoms with E-state index >= 15 is 0 Å². The zero-order chi connectivity index (χ0) is 32.1. The average Bonchev–Trinajstić information content (AvgIpc) is 3.09. The number of benzene rings is 6. The van der Waals surface area contributed by atoms with Crippen molar-refractivity contribution >= 4 is 56.1 Å². The largest absolute Gasteiger partial charge is 0.456 e. The van der Waals surface area contributed by atoms with Crippen LogP contribution < -0.4 is 15.2 Å². The first-order valence-corrected chi connectivity index (χ1v) is 16.2. The maximum atomic E-state index is 14.6. The van der Waals surface area contributed by atoms with Crippen molar-refractivity contribution in [2.75, 3.05) is 9.80 Å². The van der Waals surface area contributed by atoms with Gasteiger partial charge < -0.3 is 14.2 Å². The van der Waals surface area contributed by atoms with Gasteiger partial charge in [-0.3, -0.25) is 4.79 Å². The topological polar surface area (TPSA) is 36.7 Å². The highest BCUT2D eigenvalue weighted by Gasteiger charge is 2.38. The molecule has 7 aromatic rings. The molecule has 9 rings (SSSR count). The minimum absolute atomic E-state index is 0.0382. The van der Waals surface area contributed by atoms with Crippen LogP contribution in [-0.2, 0) is 10.8 Å². The highest BCUT2D eigenvalue weighted by molar-refractivity contribution is 6.03. The molecule has 0 fully saturated rings. The fourth-order valence-electron chi connectivity index (χ4n) is 8.07. The molecule has 0 N–H and O–H groups in total. The molecule has 0 aliphatic carbocycles. The van der Waals surface area contributed by atoms with Crippen LogP contribution in [0.1, 0.15) is 49.9 Å². The molecule has 0 amide bonds. The predicted octanol–water partition coefficient (Wildman–Crippen LogP) is 11.2. The molecule has 0 atom stereocenters. The van der Waals surface area contributed by atoms with E-state index in [2.05, 4.69) is 135 Å². The van der Waals surface area contributed by atoms with Crippen molar-refractivity contribution in [3.63, 3.8) is 0 Å². The lowest BCUT2D eigenvalue weighted by atomic mass is 9.73. The molecular formula is C43H34N2O2. The molecule has 3 heterocycles. The highest BCUT2D eigenvalue weighted by Crippen LogP contribution is 2.54. The van der Waals surface area contributed by atoms with Crippen LogP contribution >= 0.6 is 0 Å². The van der Waals surface area contributed by atoms with Crippen molar-refractivity contribution in [1.82, 2.24) is 0 Å². The molecule has 0 unspecified atom stereocenters. The Bertz CT molecular complexity index is 2370. The first kappa shape index (κ1) is 27.7. The predicted molar refractivity (Wildman–Crippen MR) is 194 cm³/mol. The Morgan fingerprint density at radius 2 is 0.915 bits per heavy atom. The van der Waals surface area contributed by atoms with Crippen LogP contribution in [0.25, 0.3) is 21.9 Å². The molecule has 0 saturated heterocycles. The lowest BCUT2D eigenvalue weighted by Crippen LogP contribution is -2.31. The molecule has 0 radical (unpaired) electrons. The van der Waals surface area contributed by atoms with Gasteiger partial charge in [0.25, 0.3) is 0 Å². The monoisotopic (exact) mass is 610 g/mol. The van der Waals surface area contributed by atoms with Crippen molar-refractivity contribution < 1.29 is 4.42 Å². The molecule has 0 bridgehead atoms. The molecule has 228 valence electrons. The van der Waals surface area contributed by atoms with Gasteiger partial charge in [0.1, 0.15) is 11.2 Å². The Balaban J connectivity index is 1.26. The summed E-state index contributed by atoms with van der Waals surface area (Å²) in [5.41, 5.74) is 11.9. The van der Waals surface area contributed by atoms with Crippen molar-refractivity contribution in [2.24, 2.45) is 0 Å². The molecule has 2 aliphatic heterocycles. The first-order chi connectivity index (χ1) is 22.8. The molecule has 0 saturated carbocycles. The number of nitrogens with zero attached hydrogens (tertiary/aromatic N) is 2. The minimum atomic E-state index is -0.192. The Hall–Kier alpha value is -5.61. The van der Waals surface area contributed by atoms with Gasteiger partial charge in [-0.15, -0.1) is 0 Å². The van der Waals surface area contributed by atoms with E-state index in [-0.39, 0.29) is 16.3 Å². The Kier molecular flexibility index (Phi) is 5.71. The van der Waals surface area contributed by atoms with Gasteiger partial charge in [0.15, 0.2) is 0 Å². The molecule has 4 heteroatoms. The van der Waals surface area contributed by atoms with Gasteiger partial charge in [0.05, 0.1) is 39.2 Å². The van der Waals surface area contributed by atoms with Crippen molar-refractivity contribution in [3.05, 3.63) is 166 Å². The fourth-order valence-corrected chi connectivity index (χ4v) is 8.07. The van der Waals surface area contributed by atoms with Crippen LogP contribution in [0, 0.1) is 0 Å². The molecule has 2 aliphatic rings. The Morgan fingerprint density at radius 3 is 1.43 bits per heavy atom. The van der Waals surface area contributed by atoms with Gasteiger partial charge in [-0.2, -0.15) is 0 Å². The number of anilines is 6. The van der Waals surface area contributed by atoms with E-state index < -0.39 is 0 Å². The summed E-state index contributed by atoms with van der Waals surface area (Å²) < 4.78 is 6.67. The number of hydrogen-bond donors (Lipinski definition) is 0. The molecule has 47 heavy (non-hydrogen) atoms. The third kappa shape index (κ3) is 3.79. The zero-order valence-corrected chi connectivity index (χ0v) is 26.9. The van der Waals surface area contributed by atoms with Gasteiger partial charge in [0, 0.05) is 22.6 Å². The van der Waals surface area contributed by atoms with Crippen molar-refractivity contribution in [1.29, 1.82) is 0 Å². The van der Waals surface area contributed by atoms with Crippen molar-refractivity contribution in [3.8, 4) is 0 Å². The van der Waals surface area contributed by atoms with E-state index in [0.29, 0.717) is 21.9 Å². The Morgan fingerprint density at radius 1 is 0.468 bits per heavy atom.